The minimum Gasteiger partial charge on any atom is -0.380 e. The average molecular weight is 198 g/mol. The highest BCUT2D eigenvalue weighted by Crippen LogP contribution is 2.15. The van der Waals surface area contributed by atoms with E-state index < -0.39 is 0 Å². The van der Waals surface area contributed by atoms with E-state index >= 15 is 0 Å². The molecule has 0 aliphatic rings. The molecule has 14 heavy (non-hydrogen) atoms. The Bertz CT molecular complexity index is 281. The normalized spacial score (nSPS) is 12.8. The number of ether oxygens (including phenoxy) is 1. The fraction of sp³-hybridized carbons (Fsp3) is 0.400. The summed E-state index contributed by atoms with van der Waals surface area (Å²) in [6.07, 6.45) is 0. The summed E-state index contributed by atoms with van der Waals surface area (Å²) in [5.41, 5.74) is 3.06. The van der Waals surface area contributed by atoms with Gasteiger partial charge in [-0.1, -0.05) is 18.2 Å². The van der Waals surface area contributed by atoms with E-state index in [2.05, 4.69) is 5.43 Å². The molecule has 0 aromatic heterocycles. The van der Waals surface area contributed by atoms with Crippen LogP contribution in [0.15, 0.2) is 24.3 Å². The van der Waals surface area contributed by atoms with Crippen LogP contribution in [-0.4, -0.2) is 13.2 Å². The van der Waals surface area contributed by atoms with Gasteiger partial charge in [0, 0.05) is 12.2 Å². The minimum absolute atomic E-state index is 0.268. The maximum Gasteiger partial charge on any atom is 0.128 e. The summed E-state index contributed by atoms with van der Waals surface area (Å²) in [5.74, 6) is 5.05. The number of nitrogens with one attached hydrogen (secondary N) is 1. The maximum atomic E-state index is 13.3. The molecule has 0 fully saturated rings. The van der Waals surface area contributed by atoms with Crippen LogP contribution in [0.25, 0.3) is 0 Å². The molecule has 0 radical (unpaired) electrons. The Morgan fingerprint density at radius 2 is 2.21 bits per heavy atom. The van der Waals surface area contributed by atoms with Crippen molar-refractivity contribution in [1.82, 2.24) is 5.43 Å². The van der Waals surface area contributed by atoms with Gasteiger partial charge in [-0.05, 0) is 13.0 Å². The molecule has 0 saturated heterocycles. The molecule has 1 unspecified atom stereocenters. The van der Waals surface area contributed by atoms with Crippen LogP contribution in [0.1, 0.15) is 18.5 Å². The Balaban J connectivity index is 2.73. The second-order valence-corrected chi connectivity index (χ2v) is 2.90. The second kappa shape index (κ2) is 5.70. The molecule has 0 amide bonds. The number of benzene rings is 1. The van der Waals surface area contributed by atoms with Gasteiger partial charge < -0.3 is 4.74 Å². The van der Waals surface area contributed by atoms with Gasteiger partial charge in [-0.3, -0.25) is 11.3 Å². The van der Waals surface area contributed by atoms with E-state index in [0.29, 0.717) is 18.8 Å². The zero-order valence-electron chi connectivity index (χ0n) is 8.16. The third-order valence-corrected chi connectivity index (χ3v) is 1.97. The lowest BCUT2D eigenvalue weighted by molar-refractivity contribution is 0.122. The first-order valence-electron chi connectivity index (χ1n) is 4.58. The standard InChI is InChI=1S/C10H15FN2O/c1-2-14-7-10(13-12)8-5-3-4-6-9(8)11/h3-6,10,13H,2,7,12H2,1H3. The summed E-state index contributed by atoms with van der Waals surface area (Å²) in [6.45, 7) is 2.84. The van der Waals surface area contributed by atoms with Crippen LogP contribution in [-0.2, 0) is 4.74 Å². The van der Waals surface area contributed by atoms with Crippen LogP contribution in [0.5, 0.6) is 0 Å². The highest BCUT2D eigenvalue weighted by Gasteiger charge is 2.13. The van der Waals surface area contributed by atoms with E-state index in [0.717, 1.165) is 0 Å². The van der Waals surface area contributed by atoms with Gasteiger partial charge in [0.15, 0.2) is 0 Å². The molecule has 1 atom stereocenters. The van der Waals surface area contributed by atoms with Gasteiger partial charge >= 0.3 is 0 Å². The molecule has 0 aliphatic carbocycles. The van der Waals surface area contributed by atoms with Crippen molar-refractivity contribution in [2.75, 3.05) is 13.2 Å². The molecule has 1 aromatic carbocycles. The molecule has 0 spiro atoms. The summed E-state index contributed by atoms with van der Waals surface area (Å²) in [5, 5.41) is 0. The van der Waals surface area contributed by atoms with E-state index in [1.165, 1.54) is 6.07 Å². The lowest BCUT2D eigenvalue weighted by Crippen LogP contribution is -2.32. The smallest absolute Gasteiger partial charge is 0.128 e. The molecular weight excluding hydrogens is 183 g/mol. The summed E-state index contributed by atoms with van der Waals surface area (Å²) >= 11 is 0. The van der Waals surface area contributed by atoms with Crippen molar-refractivity contribution in [3.05, 3.63) is 35.6 Å². The third-order valence-electron chi connectivity index (χ3n) is 1.97. The first-order valence-corrected chi connectivity index (χ1v) is 4.58. The first-order chi connectivity index (χ1) is 6.79. The number of hydrogen-bond acceptors (Lipinski definition) is 3. The van der Waals surface area contributed by atoms with E-state index in [-0.39, 0.29) is 11.9 Å². The molecule has 3 nitrogen and oxygen atoms in total. The van der Waals surface area contributed by atoms with Crippen LogP contribution >= 0.6 is 0 Å². The Morgan fingerprint density at radius 1 is 1.50 bits per heavy atom. The number of hydrogen-bond donors (Lipinski definition) is 2. The quantitative estimate of drug-likeness (QED) is 0.555. The molecule has 1 aromatic rings. The molecule has 0 aliphatic heterocycles. The molecule has 0 heterocycles. The Labute approximate surface area is 83.0 Å². The summed E-state index contributed by atoms with van der Waals surface area (Å²) < 4.78 is 18.5. The lowest BCUT2D eigenvalue weighted by Gasteiger charge is -2.16. The number of halogens is 1. The molecule has 0 saturated carbocycles. The maximum absolute atomic E-state index is 13.3. The molecular formula is C10H15FN2O. The zero-order valence-corrected chi connectivity index (χ0v) is 8.16. The zero-order chi connectivity index (χ0) is 10.4. The predicted molar refractivity (Wildman–Crippen MR) is 53.0 cm³/mol. The van der Waals surface area contributed by atoms with Gasteiger partial charge in [0.05, 0.1) is 12.6 Å². The fourth-order valence-corrected chi connectivity index (χ4v) is 1.22. The van der Waals surface area contributed by atoms with Crippen LogP contribution in [0.2, 0.25) is 0 Å². The Kier molecular flexibility index (Phi) is 4.52. The van der Waals surface area contributed by atoms with Crippen molar-refractivity contribution in [1.29, 1.82) is 0 Å². The molecule has 78 valence electrons. The van der Waals surface area contributed by atoms with Gasteiger partial charge in [0.2, 0.25) is 0 Å². The van der Waals surface area contributed by atoms with Crippen molar-refractivity contribution in [3.8, 4) is 0 Å². The van der Waals surface area contributed by atoms with E-state index in [9.17, 15) is 4.39 Å². The fourth-order valence-electron chi connectivity index (χ4n) is 1.22. The van der Waals surface area contributed by atoms with Crippen LogP contribution in [0.4, 0.5) is 4.39 Å². The topological polar surface area (TPSA) is 47.3 Å². The highest BCUT2D eigenvalue weighted by atomic mass is 19.1. The third kappa shape index (κ3) is 2.77. The SMILES string of the molecule is CCOCC(NN)c1ccccc1F. The monoisotopic (exact) mass is 198 g/mol. The molecule has 0 bridgehead atoms. The lowest BCUT2D eigenvalue weighted by atomic mass is 10.1. The van der Waals surface area contributed by atoms with Gasteiger partial charge in [-0.15, -0.1) is 0 Å². The van der Waals surface area contributed by atoms with Gasteiger partial charge in [-0.2, -0.15) is 0 Å². The van der Waals surface area contributed by atoms with Crippen LogP contribution in [0, 0.1) is 5.82 Å². The van der Waals surface area contributed by atoms with E-state index in [4.69, 9.17) is 10.6 Å². The van der Waals surface area contributed by atoms with Gasteiger partial charge in [0.25, 0.3) is 0 Å². The van der Waals surface area contributed by atoms with Crippen molar-refractivity contribution in [3.63, 3.8) is 0 Å². The van der Waals surface area contributed by atoms with Crippen molar-refractivity contribution < 1.29 is 9.13 Å². The molecule has 1 rings (SSSR count). The number of hydrazine groups is 1. The summed E-state index contributed by atoms with van der Waals surface area (Å²) in [7, 11) is 0. The van der Waals surface area contributed by atoms with Crippen molar-refractivity contribution in [2.45, 2.75) is 13.0 Å². The van der Waals surface area contributed by atoms with E-state index in [1.54, 1.807) is 18.2 Å². The minimum atomic E-state index is -0.295. The first kappa shape index (κ1) is 11.1. The summed E-state index contributed by atoms with van der Waals surface area (Å²) in [6, 6.07) is 6.22. The predicted octanol–water partition coefficient (Wildman–Crippen LogP) is 1.37. The van der Waals surface area contributed by atoms with Crippen LogP contribution in [0.3, 0.4) is 0 Å². The van der Waals surface area contributed by atoms with Crippen molar-refractivity contribution in [2.24, 2.45) is 5.84 Å². The Hall–Kier alpha value is -0.970. The Morgan fingerprint density at radius 3 is 2.79 bits per heavy atom. The van der Waals surface area contributed by atoms with Gasteiger partial charge in [0.1, 0.15) is 5.82 Å². The second-order valence-electron chi connectivity index (χ2n) is 2.90. The molecule has 4 heteroatoms. The van der Waals surface area contributed by atoms with E-state index in [1.807, 2.05) is 6.92 Å². The largest absolute Gasteiger partial charge is 0.380 e. The number of nitrogens with two attached hydrogens (primary N) is 1. The molecule has 3 N–H and O–H groups in total. The average Bonchev–Trinajstić information content (AvgIpc) is 2.21. The van der Waals surface area contributed by atoms with Crippen LogP contribution < -0.4 is 11.3 Å². The van der Waals surface area contributed by atoms with Crippen molar-refractivity contribution >= 4 is 0 Å². The van der Waals surface area contributed by atoms with Gasteiger partial charge in [-0.25, -0.2) is 4.39 Å². The highest BCUT2D eigenvalue weighted by molar-refractivity contribution is 5.21. The number of rotatable bonds is 5. The summed E-state index contributed by atoms with van der Waals surface area (Å²) in [4.78, 5) is 0.